The van der Waals surface area contributed by atoms with Gasteiger partial charge in [0.2, 0.25) is 0 Å². The number of nitrogens with zero attached hydrogens (tertiary/aromatic N) is 1. The highest BCUT2D eigenvalue weighted by atomic mass is 16.3. The monoisotopic (exact) mass is 903 g/mol. The highest BCUT2D eigenvalue weighted by Crippen LogP contribution is 2.58. The largest absolute Gasteiger partial charge is 0.455 e. The fraction of sp³-hybridized carbons (Fsp3) is 0.0145. The maximum atomic E-state index is 7.03. The molecule has 0 N–H and O–H groups in total. The predicted molar refractivity (Wildman–Crippen MR) is 297 cm³/mol. The molecule has 0 bridgehead atoms. The fourth-order valence-corrected chi connectivity index (χ4v) is 11.8. The van der Waals surface area contributed by atoms with Crippen LogP contribution in [0.2, 0.25) is 0 Å². The summed E-state index contributed by atoms with van der Waals surface area (Å²) in [4.78, 5) is 2.45. The molecule has 2 heteroatoms. The van der Waals surface area contributed by atoms with Crippen molar-refractivity contribution >= 4 is 60.5 Å². The molecular weight excluding hydrogens is 859 g/mol. The first-order valence-electron chi connectivity index (χ1n) is 24.5. The Labute approximate surface area is 413 Å². The van der Waals surface area contributed by atoms with E-state index in [4.69, 9.17) is 4.42 Å². The molecule has 1 aliphatic rings. The predicted octanol–water partition coefficient (Wildman–Crippen LogP) is 18.7. The molecule has 0 spiro atoms. The molecule has 0 radical (unpaired) electrons. The molecule has 1 aromatic heterocycles. The SMILES string of the molecule is c1ccc(C2(c3ccccc3)c3ccccc3-c3ccc(N(c4ccc(-c5ccc(-c6cccc7ccccc67)cc5)cc4)c4ccc(-c5cccc6ccccc56)c5oc6ccccc6c45)cc32)cc1. The lowest BCUT2D eigenvalue weighted by atomic mass is 9.67. The molecule has 0 unspecified atom stereocenters. The summed E-state index contributed by atoms with van der Waals surface area (Å²) in [6.45, 7) is 0. The highest BCUT2D eigenvalue weighted by molar-refractivity contribution is 6.18. The smallest absolute Gasteiger partial charge is 0.145 e. The lowest BCUT2D eigenvalue weighted by molar-refractivity contribution is 0.670. The normalized spacial score (nSPS) is 12.6. The van der Waals surface area contributed by atoms with Crippen LogP contribution in [0.25, 0.3) is 88.0 Å². The first-order valence-corrected chi connectivity index (χ1v) is 24.5. The van der Waals surface area contributed by atoms with Crippen LogP contribution in [-0.4, -0.2) is 0 Å². The van der Waals surface area contributed by atoms with Gasteiger partial charge >= 0.3 is 0 Å². The second kappa shape index (κ2) is 16.5. The van der Waals surface area contributed by atoms with Crippen molar-refractivity contribution in [3.63, 3.8) is 0 Å². The van der Waals surface area contributed by atoms with Gasteiger partial charge in [0.1, 0.15) is 11.2 Å². The number of benzene rings is 12. The average Bonchev–Trinajstić information content (AvgIpc) is 3.98. The quantitative estimate of drug-likeness (QED) is 0.151. The van der Waals surface area contributed by atoms with Crippen molar-refractivity contribution in [1.82, 2.24) is 0 Å². The summed E-state index contributed by atoms with van der Waals surface area (Å²) in [5.41, 5.74) is 18.8. The third kappa shape index (κ3) is 6.42. The molecular formula is C69H45NO. The van der Waals surface area contributed by atoms with Crippen molar-refractivity contribution in [3.8, 4) is 44.5 Å². The standard InChI is InChI=1S/C69H45NO/c1-3-21-51(22-4-1)69(52-23-5-2-6-24-52)63-31-13-11-27-59(63)60-42-41-54(45-64(60)69)70(53-39-37-47(38-40-53)46-33-35-50(36-34-46)56-29-15-19-48-17-7-9-25-55(48)56)65-44-43-61(58-30-16-20-49-18-8-10-26-57(49)58)68-67(65)62-28-12-14-32-66(62)71-68/h1-45H. The molecule has 13 aromatic rings. The Morgan fingerprint density at radius 3 is 1.51 bits per heavy atom. The van der Waals surface area contributed by atoms with E-state index in [2.05, 4.69) is 278 Å². The molecule has 2 nitrogen and oxygen atoms in total. The van der Waals surface area contributed by atoms with Gasteiger partial charge in [-0.1, -0.05) is 231 Å². The van der Waals surface area contributed by atoms with Crippen molar-refractivity contribution in [3.05, 3.63) is 295 Å². The molecule has 12 aromatic carbocycles. The minimum Gasteiger partial charge on any atom is -0.455 e. The molecule has 1 heterocycles. The van der Waals surface area contributed by atoms with E-state index in [9.17, 15) is 0 Å². The summed E-state index contributed by atoms with van der Waals surface area (Å²) in [5.74, 6) is 0. The van der Waals surface area contributed by atoms with Gasteiger partial charge in [0.25, 0.3) is 0 Å². The van der Waals surface area contributed by atoms with Crippen LogP contribution in [0, 0.1) is 0 Å². The van der Waals surface area contributed by atoms with Crippen molar-refractivity contribution in [2.45, 2.75) is 5.41 Å². The van der Waals surface area contributed by atoms with Crippen LogP contribution in [0.15, 0.2) is 277 Å². The van der Waals surface area contributed by atoms with E-state index in [1.165, 1.54) is 71.6 Å². The maximum absolute atomic E-state index is 7.03. The zero-order valence-electron chi connectivity index (χ0n) is 38.8. The zero-order valence-corrected chi connectivity index (χ0v) is 38.8. The van der Waals surface area contributed by atoms with Crippen LogP contribution in [0.4, 0.5) is 17.1 Å². The Morgan fingerprint density at radius 1 is 0.310 bits per heavy atom. The van der Waals surface area contributed by atoms with Gasteiger partial charge in [0.05, 0.1) is 16.5 Å². The Morgan fingerprint density at radius 2 is 0.803 bits per heavy atom. The van der Waals surface area contributed by atoms with E-state index < -0.39 is 5.41 Å². The van der Waals surface area contributed by atoms with Gasteiger partial charge in [0.15, 0.2) is 0 Å². The van der Waals surface area contributed by atoms with Crippen LogP contribution in [0.1, 0.15) is 22.3 Å². The molecule has 0 saturated heterocycles. The number of para-hydroxylation sites is 1. The lowest BCUT2D eigenvalue weighted by Gasteiger charge is -2.35. The van der Waals surface area contributed by atoms with Crippen LogP contribution >= 0.6 is 0 Å². The Hall–Kier alpha value is -9.24. The Kier molecular flexibility index (Phi) is 9.47. The van der Waals surface area contributed by atoms with Gasteiger partial charge in [-0.3, -0.25) is 0 Å². The van der Waals surface area contributed by atoms with Gasteiger partial charge in [-0.2, -0.15) is 0 Å². The molecule has 1 aliphatic carbocycles. The second-order valence-corrected chi connectivity index (χ2v) is 18.7. The van der Waals surface area contributed by atoms with E-state index in [1.807, 2.05) is 0 Å². The highest BCUT2D eigenvalue weighted by Gasteiger charge is 2.46. The first-order chi connectivity index (χ1) is 35.2. The molecule has 0 amide bonds. The minimum atomic E-state index is -0.561. The molecule has 0 saturated carbocycles. The van der Waals surface area contributed by atoms with Gasteiger partial charge in [-0.05, 0) is 125 Å². The Bertz CT molecular complexity index is 4100. The van der Waals surface area contributed by atoms with Gasteiger partial charge in [-0.25, -0.2) is 0 Å². The fourth-order valence-electron chi connectivity index (χ4n) is 11.8. The van der Waals surface area contributed by atoms with Crippen LogP contribution < -0.4 is 4.90 Å². The third-order valence-corrected chi connectivity index (χ3v) is 15.0. The number of fused-ring (bicyclic) bond motifs is 8. The van der Waals surface area contributed by atoms with Crippen LogP contribution in [0.5, 0.6) is 0 Å². The van der Waals surface area contributed by atoms with Crippen molar-refractivity contribution < 1.29 is 4.42 Å². The lowest BCUT2D eigenvalue weighted by Crippen LogP contribution is -2.28. The second-order valence-electron chi connectivity index (χ2n) is 18.7. The summed E-state index contributed by atoms with van der Waals surface area (Å²) in [6, 6.07) is 99.8. The van der Waals surface area contributed by atoms with Crippen LogP contribution in [0.3, 0.4) is 0 Å². The molecule has 0 aliphatic heterocycles. The van der Waals surface area contributed by atoms with Gasteiger partial charge < -0.3 is 9.32 Å². The maximum Gasteiger partial charge on any atom is 0.145 e. The van der Waals surface area contributed by atoms with Crippen LogP contribution in [-0.2, 0) is 5.41 Å². The average molecular weight is 904 g/mol. The molecule has 71 heavy (non-hydrogen) atoms. The number of anilines is 3. The van der Waals surface area contributed by atoms with Crippen molar-refractivity contribution in [2.75, 3.05) is 4.90 Å². The summed E-state index contributed by atoms with van der Waals surface area (Å²) in [5, 5.41) is 7.04. The molecule has 0 atom stereocenters. The summed E-state index contributed by atoms with van der Waals surface area (Å²) in [7, 11) is 0. The topological polar surface area (TPSA) is 16.4 Å². The Balaban J connectivity index is 0.987. The van der Waals surface area contributed by atoms with E-state index in [1.54, 1.807) is 0 Å². The molecule has 0 fully saturated rings. The van der Waals surface area contributed by atoms with Gasteiger partial charge in [0, 0.05) is 22.3 Å². The minimum absolute atomic E-state index is 0.561. The molecule has 14 rings (SSSR count). The van der Waals surface area contributed by atoms with Crippen molar-refractivity contribution in [2.24, 2.45) is 0 Å². The van der Waals surface area contributed by atoms with E-state index in [0.717, 1.165) is 55.7 Å². The first kappa shape index (κ1) is 40.8. The number of hydrogen-bond acceptors (Lipinski definition) is 2. The van der Waals surface area contributed by atoms with E-state index in [-0.39, 0.29) is 0 Å². The summed E-state index contributed by atoms with van der Waals surface area (Å²) in [6.07, 6.45) is 0. The number of furan rings is 1. The van der Waals surface area contributed by atoms with Crippen molar-refractivity contribution in [1.29, 1.82) is 0 Å². The van der Waals surface area contributed by atoms with E-state index >= 15 is 0 Å². The zero-order chi connectivity index (χ0) is 46.9. The van der Waals surface area contributed by atoms with Gasteiger partial charge in [-0.15, -0.1) is 0 Å². The summed E-state index contributed by atoms with van der Waals surface area (Å²) >= 11 is 0. The molecule has 332 valence electrons. The van der Waals surface area contributed by atoms with E-state index in [0.29, 0.717) is 0 Å². The summed E-state index contributed by atoms with van der Waals surface area (Å²) < 4.78 is 7.03. The third-order valence-electron chi connectivity index (χ3n) is 15.0. The number of hydrogen-bond donors (Lipinski definition) is 0. The number of rotatable bonds is 8.